The van der Waals surface area contributed by atoms with E-state index >= 15 is 0 Å². The van der Waals surface area contributed by atoms with Gasteiger partial charge >= 0.3 is 12.2 Å². The van der Waals surface area contributed by atoms with Crippen LogP contribution in [0, 0.1) is 5.82 Å². The number of carbonyl (C=O) groups excluding carboxylic acids is 3. The molecular weight excluding hydrogens is 491 g/mol. The fourth-order valence-electron chi connectivity index (χ4n) is 3.76. The molecule has 1 fully saturated rings. The fraction of sp³-hybridized carbons (Fsp3) is 0.348. The number of aromatic nitrogens is 1. The predicted octanol–water partition coefficient (Wildman–Crippen LogP) is 0.514. The first-order chi connectivity index (χ1) is 17.8. The Morgan fingerprint density at radius 1 is 1.30 bits per heavy atom. The van der Waals surface area contributed by atoms with Gasteiger partial charge in [-0.05, 0) is 30.3 Å². The summed E-state index contributed by atoms with van der Waals surface area (Å²) in [4.78, 5) is 42.7. The Balaban J connectivity index is 1.41. The van der Waals surface area contributed by atoms with Crippen molar-refractivity contribution in [2.24, 2.45) is 5.10 Å². The van der Waals surface area contributed by atoms with Crippen LogP contribution in [-0.2, 0) is 14.3 Å². The lowest BCUT2D eigenvalue weighted by Gasteiger charge is -2.28. The Bertz CT molecular complexity index is 1190. The van der Waals surface area contributed by atoms with Gasteiger partial charge in [0.25, 0.3) is 5.91 Å². The smallest absolute Gasteiger partial charge is 0.414 e. The maximum Gasteiger partial charge on any atom is 0.414 e. The third-order valence-electron chi connectivity index (χ3n) is 5.75. The molecule has 14 heteroatoms. The molecule has 3 amide bonds. The zero-order chi connectivity index (χ0) is 26.5. The number of hydrazone groups is 1. The molecule has 2 aliphatic heterocycles. The SMILES string of the molecule is COC(=O)NCC1CN(c2ccc(-c3ccc(N4C=NN(C(=O)C(O)CO)CC4)nc3)c(F)c2)C(=O)O1. The van der Waals surface area contributed by atoms with Gasteiger partial charge in [-0.15, -0.1) is 0 Å². The second-order valence-electron chi connectivity index (χ2n) is 8.14. The first kappa shape index (κ1) is 25.8. The van der Waals surface area contributed by atoms with Crippen molar-refractivity contribution in [3.63, 3.8) is 0 Å². The van der Waals surface area contributed by atoms with Crippen LogP contribution >= 0.6 is 0 Å². The summed E-state index contributed by atoms with van der Waals surface area (Å²) >= 11 is 0. The van der Waals surface area contributed by atoms with Crippen LogP contribution < -0.4 is 15.1 Å². The fourth-order valence-corrected chi connectivity index (χ4v) is 3.76. The number of aliphatic hydroxyl groups excluding tert-OH is 2. The van der Waals surface area contributed by atoms with Crippen molar-refractivity contribution in [2.75, 3.05) is 49.7 Å². The summed E-state index contributed by atoms with van der Waals surface area (Å²) in [5, 5.41) is 25.9. The standard InChI is InChI=1S/C23H25FN6O7/c1-36-22(34)26-10-16-11-29(23(35)37-16)15-3-4-17(18(24)8-15)14-2-5-20(25-9-14)28-6-7-30(27-13-28)21(33)19(32)12-31/h2-5,8-9,13,16,19,31-32H,6-7,10-12H2,1H3,(H,26,34). The van der Waals surface area contributed by atoms with Crippen LogP contribution in [0.2, 0.25) is 0 Å². The van der Waals surface area contributed by atoms with Gasteiger partial charge in [-0.25, -0.2) is 24.0 Å². The molecule has 196 valence electrons. The van der Waals surface area contributed by atoms with Crippen molar-refractivity contribution in [2.45, 2.75) is 12.2 Å². The molecule has 1 saturated heterocycles. The number of benzene rings is 1. The summed E-state index contributed by atoms with van der Waals surface area (Å²) in [5.41, 5.74) is 1.10. The third-order valence-corrected chi connectivity index (χ3v) is 5.75. The molecule has 0 spiro atoms. The van der Waals surface area contributed by atoms with E-state index in [1.54, 1.807) is 23.1 Å². The van der Waals surface area contributed by atoms with E-state index in [9.17, 15) is 23.9 Å². The molecule has 2 atom stereocenters. The monoisotopic (exact) mass is 516 g/mol. The van der Waals surface area contributed by atoms with Crippen LogP contribution in [0.5, 0.6) is 0 Å². The van der Waals surface area contributed by atoms with Crippen LogP contribution in [0.25, 0.3) is 11.1 Å². The highest BCUT2D eigenvalue weighted by Crippen LogP contribution is 2.29. The maximum atomic E-state index is 15.0. The Morgan fingerprint density at radius 2 is 2.11 bits per heavy atom. The topological polar surface area (TPSA) is 157 Å². The van der Waals surface area contributed by atoms with Gasteiger partial charge in [0.1, 0.15) is 24.1 Å². The number of amides is 3. The minimum absolute atomic E-state index is 0.0637. The van der Waals surface area contributed by atoms with Crippen LogP contribution in [0.15, 0.2) is 41.6 Å². The number of carbonyl (C=O) groups is 3. The largest absolute Gasteiger partial charge is 0.453 e. The molecule has 3 N–H and O–H groups in total. The van der Waals surface area contributed by atoms with Crippen molar-refractivity contribution in [1.29, 1.82) is 0 Å². The molecule has 4 rings (SSSR count). The van der Waals surface area contributed by atoms with Crippen LogP contribution in [0.3, 0.4) is 0 Å². The van der Waals surface area contributed by atoms with E-state index in [4.69, 9.17) is 9.84 Å². The van der Waals surface area contributed by atoms with Crippen molar-refractivity contribution >= 4 is 35.9 Å². The highest BCUT2D eigenvalue weighted by atomic mass is 19.1. The number of hydrogen-bond donors (Lipinski definition) is 3. The van der Waals surface area contributed by atoms with Gasteiger partial charge in [0.15, 0.2) is 6.10 Å². The lowest BCUT2D eigenvalue weighted by atomic mass is 10.1. The Hall–Kier alpha value is -4.30. The van der Waals surface area contributed by atoms with Crippen molar-refractivity contribution in [3.05, 3.63) is 42.3 Å². The van der Waals surface area contributed by atoms with Gasteiger partial charge in [0.2, 0.25) is 0 Å². The molecule has 37 heavy (non-hydrogen) atoms. The highest BCUT2D eigenvalue weighted by Gasteiger charge is 2.33. The van der Waals surface area contributed by atoms with Crippen LogP contribution in [0.1, 0.15) is 0 Å². The number of anilines is 2. The summed E-state index contributed by atoms with van der Waals surface area (Å²) in [6.07, 6.45) is -0.548. The average Bonchev–Trinajstić information content (AvgIpc) is 3.31. The highest BCUT2D eigenvalue weighted by molar-refractivity contribution is 5.90. The number of nitrogens with one attached hydrogen (secondary N) is 1. The number of methoxy groups -OCH3 is 1. The van der Waals surface area contributed by atoms with Crippen molar-refractivity contribution in [3.8, 4) is 11.1 Å². The molecule has 3 heterocycles. The number of alkyl carbamates (subject to hydrolysis) is 1. The molecule has 0 radical (unpaired) electrons. The number of cyclic esters (lactones) is 1. The number of hydrogen-bond acceptors (Lipinski definition) is 10. The molecule has 2 aromatic rings. The van der Waals surface area contributed by atoms with E-state index in [1.165, 1.54) is 36.7 Å². The first-order valence-corrected chi connectivity index (χ1v) is 11.3. The van der Waals surface area contributed by atoms with E-state index < -0.39 is 42.7 Å². The summed E-state index contributed by atoms with van der Waals surface area (Å²) in [6, 6.07) is 7.70. The molecule has 0 bridgehead atoms. The van der Waals surface area contributed by atoms with E-state index in [-0.39, 0.29) is 25.2 Å². The summed E-state index contributed by atoms with van der Waals surface area (Å²) in [5.74, 6) is -0.742. The number of nitrogens with zero attached hydrogens (tertiary/aromatic N) is 5. The van der Waals surface area contributed by atoms with Gasteiger partial charge in [0, 0.05) is 23.9 Å². The Labute approximate surface area is 210 Å². The zero-order valence-corrected chi connectivity index (χ0v) is 19.8. The second kappa shape index (κ2) is 11.2. The molecule has 2 unspecified atom stereocenters. The van der Waals surface area contributed by atoms with Gasteiger partial charge in [-0.1, -0.05) is 0 Å². The van der Waals surface area contributed by atoms with E-state index in [2.05, 4.69) is 20.1 Å². The van der Waals surface area contributed by atoms with Gasteiger partial charge < -0.3 is 29.9 Å². The van der Waals surface area contributed by atoms with Crippen LogP contribution in [0.4, 0.5) is 25.5 Å². The van der Waals surface area contributed by atoms with E-state index in [0.717, 1.165) is 5.01 Å². The second-order valence-corrected chi connectivity index (χ2v) is 8.14. The average molecular weight is 516 g/mol. The van der Waals surface area contributed by atoms with Gasteiger partial charge in [0.05, 0.1) is 39.0 Å². The normalized spacial score (nSPS) is 18.0. The van der Waals surface area contributed by atoms with Gasteiger partial charge in [-0.3, -0.25) is 9.69 Å². The maximum absolute atomic E-state index is 15.0. The molecular formula is C23H25FN6O7. The van der Waals surface area contributed by atoms with Crippen molar-refractivity contribution < 1.29 is 38.5 Å². The molecule has 13 nitrogen and oxygen atoms in total. The summed E-state index contributed by atoms with van der Waals surface area (Å²) in [7, 11) is 1.22. The Morgan fingerprint density at radius 3 is 2.73 bits per heavy atom. The number of aliphatic hydroxyl groups is 2. The molecule has 1 aromatic carbocycles. The minimum Gasteiger partial charge on any atom is -0.453 e. The van der Waals surface area contributed by atoms with E-state index in [0.29, 0.717) is 23.6 Å². The third kappa shape index (κ3) is 5.76. The summed E-state index contributed by atoms with van der Waals surface area (Å²) in [6.45, 7) is 0.0486. The number of rotatable bonds is 7. The Kier molecular flexibility index (Phi) is 7.79. The lowest BCUT2D eigenvalue weighted by Crippen LogP contribution is -2.45. The van der Waals surface area contributed by atoms with Crippen molar-refractivity contribution in [1.82, 2.24) is 15.3 Å². The van der Waals surface area contributed by atoms with Crippen LogP contribution in [-0.4, -0.2) is 96.7 Å². The molecule has 2 aliphatic rings. The lowest BCUT2D eigenvalue weighted by molar-refractivity contribution is -0.142. The summed E-state index contributed by atoms with van der Waals surface area (Å²) < 4.78 is 24.7. The zero-order valence-electron chi connectivity index (χ0n) is 19.8. The minimum atomic E-state index is -1.52. The van der Waals surface area contributed by atoms with Gasteiger partial charge in [-0.2, -0.15) is 5.10 Å². The number of pyridine rings is 1. The number of halogens is 1. The molecule has 0 aliphatic carbocycles. The predicted molar refractivity (Wildman–Crippen MR) is 128 cm³/mol. The quantitative estimate of drug-likeness (QED) is 0.477. The number of ether oxygens (including phenoxy) is 2. The molecule has 1 aromatic heterocycles. The van der Waals surface area contributed by atoms with E-state index in [1.807, 2.05) is 0 Å². The molecule has 0 saturated carbocycles. The first-order valence-electron chi connectivity index (χ1n) is 11.3.